The molecule has 0 saturated carbocycles. The fraction of sp³-hybridized carbons (Fsp3) is 0.346. The maximum Gasteiger partial charge on any atom is 0.452 e. The number of carbonyl (C=O) groups excluding carboxylic acids is 2. The number of ether oxygens (including phenoxy) is 1. The largest absolute Gasteiger partial charge is 0.452 e. The topological polar surface area (TPSA) is 144 Å². The van der Waals surface area contributed by atoms with E-state index < -0.39 is 35.2 Å². The monoisotopic (exact) mass is 531 g/mol. The Kier molecular flexibility index (Phi) is 8.23. The fourth-order valence-electron chi connectivity index (χ4n) is 3.85. The lowest BCUT2D eigenvalue weighted by atomic mass is 9.79. The number of benzene rings is 1. The highest BCUT2D eigenvalue weighted by atomic mass is 19.4. The summed E-state index contributed by atoms with van der Waals surface area (Å²) in [5.74, 6) is -3.18. The van der Waals surface area contributed by atoms with Crippen LogP contribution in [0.25, 0.3) is 11.5 Å². The minimum Gasteiger partial charge on any atom is -0.443 e. The van der Waals surface area contributed by atoms with Crippen LogP contribution in [0.5, 0.6) is 0 Å². The van der Waals surface area contributed by atoms with Crippen molar-refractivity contribution in [2.45, 2.75) is 45.9 Å². The molecule has 0 aliphatic heterocycles. The SMILES string of the molecule is CC(CC(=N)c1ccc(NC(=O)c2nc(-c3ccccc3)oc2C(F)(F)F)cn1)C(C)C(C)(C)OC(N)=O. The number of alkyl halides is 3. The lowest BCUT2D eigenvalue weighted by Gasteiger charge is -2.34. The Morgan fingerprint density at radius 1 is 1.13 bits per heavy atom. The number of anilines is 1. The highest BCUT2D eigenvalue weighted by molar-refractivity contribution is 6.04. The summed E-state index contributed by atoms with van der Waals surface area (Å²) in [5.41, 5.74) is 4.31. The molecule has 3 aromatic rings. The summed E-state index contributed by atoms with van der Waals surface area (Å²) in [5, 5.41) is 10.7. The Morgan fingerprint density at radius 3 is 2.34 bits per heavy atom. The summed E-state index contributed by atoms with van der Waals surface area (Å²) in [6.45, 7) is 7.26. The zero-order valence-corrected chi connectivity index (χ0v) is 21.2. The normalized spacial score (nSPS) is 13.4. The summed E-state index contributed by atoms with van der Waals surface area (Å²) >= 11 is 0. The van der Waals surface area contributed by atoms with E-state index in [0.717, 1.165) is 0 Å². The maximum atomic E-state index is 13.5. The molecule has 1 aromatic carbocycles. The molecule has 0 spiro atoms. The molecule has 202 valence electrons. The summed E-state index contributed by atoms with van der Waals surface area (Å²) in [7, 11) is 0. The van der Waals surface area contributed by atoms with Crippen molar-refractivity contribution in [1.29, 1.82) is 5.41 Å². The quantitative estimate of drug-likeness (QED) is 0.293. The predicted octanol–water partition coefficient (Wildman–Crippen LogP) is 5.91. The summed E-state index contributed by atoms with van der Waals surface area (Å²) in [6.07, 6.45) is -4.27. The van der Waals surface area contributed by atoms with Gasteiger partial charge in [-0.3, -0.25) is 9.78 Å². The molecule has 2 amide bonds. The third kappa shape index (κ3) is 6.75. The molecule has 0 saturated heterocycles. The Balaban J connectivity index is 1.72. The molecule has 2 heterocycles. The molecule has 2 unspecified atom stereocenters. The van der Waals surface area contributed by atoms with Crippen molar-refractivity contribution in [2.24, 2.45) is 17.6 Å². The van der Waals surface area contributed by atoms with Crippen LogP contribution in [0.15, 0.2) is 53.1 Å². The lowest BCUT2D eigenvalue weighted by Crippen LogP contribution is -2.40. The van der Waals surface area contributed by atoms with E-state index in [-0.39, 0.29) is 34.7 Å². The zero-order valence-electron chi connectivity index (χ0n) is 21.2. The number of nitrogens with zero attached hydrogens (tertiary/aromatic N) is 2. The van der Waals surface area contributed by atoms with Crippen LogP contribution in [0.3, 0.4) is 0 Å². The number of carbonyl (C=O) groups is 2. The smallest absolute Gasteiger partial charge is 0.443 e. The molecule has 38 heavy (non-hydrogen) atoms. The van der Waals surface area contributed by atoms with Gasteiger partial charge in [0, 0.05) is 5.56 Å². The number of amides is 2. The van der Waals surface area contributed by atoms with Gasteiger partial charge in [-0.2, -0.15) is 13.2 Å². The average Bonchev–Trinajstić information content (AvgIpc) is 3.30. The highest BCUT2D eigenvalue weighted by Gasteiger charge is 2.42. The van der Waals surface area contributed by atoms with Crippen LogP contribution in [0.2, 0.25) is 0 Å². The standard InChI is InChI=1S/C26H28F3N5O4/c1-14(15(2)25(3,4)38-24(31)36)12-18(30)19-11-10-17(13-32-19)33-22(35)20-21(26(27,28)29)37-23(34-20)16-8-6-5-7-9-16/h5-11,13-15,30H,12H2,1-4H3,(H2,31,36)(H,33,35). The van der Waals surface area contributed by atoms with Gasteiger partial charge in [0.25, 0.3) is 5.91 Å². The Hall–Kier alpha value is -4.22. The molecule has 12 heteroatoms. The number of aromatic nitrogens is 2. The third-order valence-electron chi connectivity index (χ3n) is 6.29. The minimum atomic E-state index is -4.94. The van der Waals surface area contributed by atoms with Gasteiger partial charge < -0.3 is 25.6 Å². The van der Waals surface area contributed by atoms with E-state index in [0.29, 0.717) is 12.1 Å². The number of hydrogen-bond donors (Lipinski definition) is 3. The number of rotatable bonds is 9. The maximum absolute atomic E-state index is 13.5. The molecule has 3 rings (SSSR count). The highest BCUT2D eigenvalue weighted by Crippen LogP contribution is 2.35. The molecular formula is C26H28F3N5O4. The second-order valence-corrected chi connectivity index (χ2v) is 9.42. The molecule has 4 N–H and O–H groups in total. The van der Waals surface area contributed by atoms with Crippen LogP contribution in [0.4, 0.5) is 23.7 Å². The van der Waals surface area contributed by atoms with Gasteiger partial charge in [-0.1, -0.05) is 32.0 Å². The van der Waals surface area contributed by atoms with Crippen molar-refractivity contribution < 1.29 is 31.9 Å². The first kappa shape index (κ1) is 28.4. The number of nitrogens with one attached hydrogen (secondary N) is 2. The van der Waals surface area contributed by atoms with Crippen LogP contribution >= 0.6 is 0 Å². The third-order valence-corrected chi connectivity index (χ3v) is 6.29. The predicted molar refractivity (Wildman–Crippen MR) is 134 cm³/mol. The Morgan fingerprint density at radius 2 is 1.79 bits per heavy atom. The van der Waals surface area contributed by atoms with Gasteiger partial charge in [-0.15, -0.1) is 0 Å². The Labute approximate surface area is 217 Å². The Bertz CT molecular complexity index is 1300. The van der Waals surface area contributed by atoms with Crippen molar-refractivity contribution in [3.63, 3.8) is 0 Å². The lowest BCUT2D eigenvalue weighted by molar-refractivity contribution is -0.153. The van der Waals surface area contributed by atoms with E-state index in [9.17, 15) is 22.8 Å². The number of primary amides is 1. The molecule has 2 aromatic heterocycles. The molecule has 9 nitrogen and oxygen atoms in total. The average molecular weight is 532 g/mol. The van der Waals surface area contributed by atoms with Crippen molar-refractivity contribution in [1.82, 2.24) is 9.97 Å². The van der Waals surface area contributed by atoms with Gasteiger partial charge in [0.15, 0.2) is 5.69 Å². The fourth-order valence-corrected chi connectivity index (χ4v) is 3.85. The number of pyridine rings is 1. The van der Waals surface area contributed by atoms with Gasteiger partial charge in [0.2, 0.25) is 11.7 Å². The first-order chi connectivity index (χ1) is 17.7. The van der Waals surface area contributed by atoms with Gasteiger partial charge in [0.1, 0.15) is 5.60 Å². The van der Waals surface area contributed by atoms with E-state index in [1.54, 1.807) is 32.0 Å². The zero-order chi connectivity index (χ0) is 28.3. The van der Waals surface area contributed by atoms with Gasteiger partial charge in [-0.05, 0) is 56.4 Å². The van der Waals surface area contributed by atoms with Crippen molar-refractivity contribution in [2.75, 3.05) is 5.32 Å². The van der Waals surface area contributed by atoms with Gasteiger partial charge in [-0.25, -0.2) is 9.78 Å². The first-order valence-electron chi connectivity index (χ1n) is 11.7. The van der Waals surface area contributed by atoms with E-state index in [4.69, 9.17) is 20.3 Å². The molecule has 0 aliphatic rings. The number of halogens is 3. The second-order valence-electron chi connectivity index (χ2n) is 9.42. The van der Waals surface area contributed by atoms with E-state index in [2.05, 4.69) is 15.3 Å². The van der Waals surface area contributed by atoms with Crippen LogP contribution in [0.1, 0.15) is 56.1 Å². The molecular weight excluding hydrogens is 503 g/mol. The van der Waals surface area contributed by atoms with Crippen molar-refractivity contribution >= 4 is 23.4 Å². The number of hydrogen-bond acceptors (Lipinski definition) is 7. The van der Waals surface area contributed by atoms with E-state index >= 15 is 0 Å². The molecule has 0 fully saturated rings. The van der Waals surface area contributed by atoms with Crippen molar-refractivity contribution in [3.05, 3.63) is 65.8 Å². The summed E-state index contributed by atoms with van der Waals surface area (Å²) in [4.78, 5) is 31.8. The molecule has 0 aliphatic carbocycles. The molecule has 2 atom stereocenters. The van der Waals surface area contributed by atoms with Crippen LogP contribution in [0, 0.1) is 17.2 Å². The van der Waals surface area contributed by atoms with Gasteiger partial charge in [0.05, 0.1) is 23.3 Å². The summed E-state index contributed by atoms with van der Waals surface area (Å²) < 4.78 is 50.7. The second kappa shape index (κ2) is 11.0. The van der Waals surface area contributed by atoms with E-state index in [1.807, 2.05) is 13.8 Å². The first-order valence-corrected chi connectivity index (χ1v) is 11.7. The number of oxazole rings is 1. The van der Waals surface area contributed by atoms with E-state index in [1.165, 1.54) is 30.5 Å². The van der Waals surface area contributed by atoms with Crippen LogP contribution < -0.4 is 11.1 Å². The molecule has 0 radical (unpaired) electrons. The summed E-state index contributed by atoms with van der Waals surface area (Å²) in [6, 6.07) is 10.8. The number of nitrogens with two attached hydrogens (primary N) is 1. The van der Waals surface area contributed by atoms with Gasteiger partial charge >= 0.3 is 12.3 Å². The van der Waals surface area contributed by atoms with Crippen LogP contribution in [-0.2, 0) is 10.9 Å². The van der Waals surface area contributed by atoms with Crippen molar-refractivity contribution in [3.8, 4) is 11.5 Å². The minimum absolute atomic E-state index is 0.0789. The molecule has 0 bridgehead atoms. The van der Waals surface area contributed by atoms with Crippen LogP contribution in [-0.4, -0.2) is 33.3 Å².